The zero-order valence-electron chi connectivity index (χ0n) is 14.6. The predicted octanol–water partition coefficient (Wildman–Crippen LogP) is 4.30. The summed E-state index contributed by atoms with van der Waals surface area (Å²) < 4.78 is 0. The van der Waals surface area contributed by atoms with Gasteiger partial charge in [-0.15, -0.1) is 23.1 Å². The molecule has 0 aliphatic carbocycles. The number of hydrogen-bond donors (Lipinski definition) is 1. The van der Waals surface area contributed by atoms with Crippen LogP contribution in [0, 0.1) is 13.8 Å². The van der Waals surface area contributed by atoms with Crippen molar-refractivity contribution in [2.45, 2.75) is 38.6 Å². The lowest BCUT2D eigenvalue weighted by Crippen LogP contribution is -2.47. The Bertz CT molecular complexity index is 774. The third-order valence-electron chi connectivity index (χ3n) is 4.49. The van der Waals surface area contributed by atoms with Crippen molar-refractivity contribution in [3.63, 3.8) is 0 Å². The van der Waals surface area contributed by atoms with Crippen LogP contribution in [0.4, 0.5) is 5.69 Å². The Morgan fingerprint density at radius 3 is 2.68 bits per heavy atom. The Labute approximate surface area is 156 Å². The first-order valence-electron chi connectivity index (χ1n) is 8.37. The van der Waals surface area contributed by atoms with Crippen molar-refractivity contribution in [1.82, 2.24) is 4.90 Å². The lowest BCUT2D eigenvalue weighted by Gasteiger charge is -2.27. The number of thiophene rings is 1. The summed E-state index contributed by atoms with van der Waals surface area (Å²) in [7, 11) is 0. The van der Waals surface area contributed by atoms with Crippen molar-refractivity contribution < 1.29 is 9.59 Å². The van der Waals surface area contributed by atoms with Gasteiger partial charge in [0.05, 0.1) is 10.3 Å². The lowest BCUT2D eigenvalue weighted by atomic mass is 10.1. The molecule has 1 aliphatic heterocycles. The number of amides is 2. The van der Waals surface area contributed by atoms with Gasteiger partial charge in [-0.2, -0.15) is 0 Å². The molecule has 2 aromatic rings. The Balaban J connectivity index is 1.80. The van der Waals surface area contributed by atoms with Gasteiger partial charge < -0.3 is 10.2 Å². The molecule has 0 bridgehead atoms. The Hall–Kier alpha value is -1.79. The summed E-state index contributed by atoms with van der Waals surface area (Å²) in [5, 5.41) is 4.92. The highest BCUT2D eigenvalue weighted by molar-refractivity contribution is 8.00. The number of hydrogen-bond acceptors (Lipinski definition) is 4. The van der Waals surface area contributed by atoms with Gasteiger partial charge in [0, 0.05) is 11.4 Å². The quantitative estimate of drug-likeness (QED) is 0.868. The summed E-state index contributed by atoms with van der Waals surface area (Å²) in [5.41, 5.74) is 3.10. The normalized spacial score (nSPS) is 19.9. The third kappa shape index (κ3) is 3.75. The van der Waals surface area contributed by atoms with Crippen molar-refractivity contribution in [3.8, 4) is 0 Å². The molecular formula is C19H22N2O2S2. The van der Waals surface area contributed by atoms with E-state index in [1.165, 1.54) is 16.9 Å². The Kier molecular flexibility index (Phi) is 5.49. The van der Waals surface area contributed by atoms with Gasteiger partial charge in [0.1, 0.15) is 6.04 Å². The molecule has 6 heteroatoms. The van der Waals surface area contributed by atoms with E-state index in [4.69, 9.17) is 0 Å². The number of anilines is 1. The van der Waals surface area contributed by atoms with Crippen LogP contribution in [0.3, 0.4) is 0 Å². The average molecular weight is 375 g/mol. The van der Waals surface area contributed by atoms with Gasteiger partial charge in [-0.25, -0.2) is 0 Å². The number of benzene rings is 1. The molecule has 1 fully saturated rings. The van der Waals surface area contributed by atoms with E-state index in [9.17, 15) is 9.59 Å². The molecule has 2 heterocycles. The molecule has 1 N–H and O–H groups in total. The Morgan fingerprint density at radius 2 is 2.04 bits per heavy atom. The molecule has 1 saturated heterocycles. The fourth-order valence-corrected chi connectivity index (χ4v) is 4.95. The second kappa shape index (κ2) is 7.62. The van der Waals surface area contributed by atoms with Gasteiger partial charge >= 0.3 is 0 Å². The number of nitrogens with one attached hydrogen (secondary N) is 1. The standard InChI is InChI=1S/C19H22N2O2S2/c1-4-17-21(19(23)16-6-5-9-24-16)15(11-25-17)18(22)20-14-8-7-12(2)13(3)10-14/h5-10,15,17H,4,11H2,1-3H3,(H,20,22). The van der Waals surface area contributed by atoms with E-state index in [0.717, 1.165) is 17.7 Å². The fourth-order valence-electron chi connectivity index (χ4n) is 2.92. The molecule has 3 rings (SSSR count). The number of carbonyl (C=O) groups is 2. The summed E-state index contributed by atoms with van der Waals surface area (Å²) in [6.07, 6.45) is 0.829. The van der Waals surface area contributed by atoms with Crippen LogP contribution in [-0.4, -0.2) is 33.9 Å². The van der Waals surface area contributed by atoms with Crippen molar-refractivity contribution >= 4 is 40.6 Å². The monoisotopic (exact) mass is 374 g/mol. The van der Waals surface area contributed by atoms with E-state index >= 15 is 0 Å². The molecule has 2 atom stereocenters. The number of carbonyl (C=O) groups excluding carboxylic acids is 2. The molecule has 1 aromatic carbocycles. The number of rotatable bonds is 4. The van der Waals surface area contributed by atoms with Crippen LogP contribution in [0.1, 0.15) is 34.1 Å². The Morgan fingerprint density at radius 1 is 1.24 bits per heavy atom. The molecular weight excluding hydrogens is 352 g/mol. The van der Waals surface area contributed by atoms with E-state index in [1.54, 1.807) is 16.7 Å². The molecule has 132 valence electrons. The maximum absolute atomic E-state index is 12.9. The zero-order chi connectivity index (χ0) is 18.0. The highest BCUT2D eigenvalue weighted by Gasteiger charge is 2.41. The first-order valence-corrected chi connectivity index (χ1v) is 10.3. The number of nitrogens with zero attached hydrogens (tertiary/aromatic N) is 1. The third-order valence-corrected chi connectivity index (χ3v) is 6.80. The van der Waals surface area contributed by atoms with Crippen molar-refractivity contribution in [2.75, 3.05) is 11.1 Å². The molecule has 2 amide bonds. The van der Waals surface area contributed by atoms with Gasteiger partial charge in [0.2, 0.25) is 5.91 Å². The second-order valence-corrected chi connectivity index (χ2v) is 8.35. The fraction of sp³-hybridized carbons (Fsp3) is 0.368. The smallest absolute Gasteiger partial charge is 0.265 e. The molecule has 0 spiro atoms. The van der Waals surface area contributed by atoms with Gasteiger partial charge in [-0.05, 0) is 55.0 Å². The maximum atomic E-state index is 12.9. The van der Waals surface area contributed by atoms with Crippen LogP contribution in [0.2, 0.25) is 0 Å². The summed E-state index contributed by atoms with van der Waals surface area (Å²) in [4.78, 5) is 28.2. The van der Waals surface area contributed by atoms with Crippen LogP contribution < -0.4 is 5.32 Å². The van der Waals surface area contributed by atoms with E-state index in [0.29, 0.717) is 10.6 Å². The second-order valence-electron chi connectivity index (χ2n) is 6.19. The van der Waals surface area contributed by atoms with E-state index in [-0.39, 0.29) is 17.2 Å². The number of thioether (sulfide) groups is 1. The highest BCUT2D eigenvalue weighted by atomic mass is 32.2. The first-order chi connectivity index (χ1) is 12.0. The molecule has 0 radical (unpaired) electrons. The minimum atomic E-state index is -0.439. The highest BCUT2D eigenvalue weighted by Crippen LogP contribution is 2.34. The maximum Gasteiger partial charge on any atom is 0.265 e. The topological polar surface area (TPSA) is 49.4 Å². The minimum absolute atomic E-state index is 0.0464. The lowest BCUT2D eigenvalue weighted by molar-refractivity contribution is -0.119. The molecule has 1 aliphatic rings. The van der Waals surface area contributed by atoms with Crippen molar-refractivity contribution in [1.29, 1.82) is 0 Å². The molecule has 1 aromatic heterocycles. The SMILES string of the molecule is CCC1SCC(C(=O)Nc2ccc(C)c(C)c2)N1C(=O)c1cccs1. The van der Waals surface area contributed by atoms with E-state index in [2.05, 4.69) is 12.2 Å². The summed E-state index contributed by atoms with van der Waals surface area (Å²) in [6.45, 7) is 6.12. The van der Waals surface area contributed by atoms with Crippen molar-refractivity contribution in [2.24, 2.45) is 0 Å². The van der Waals surface area contributed by atoms with Gasteiger partial charge in [-0.3, -0.25) is 9.59 Å². The van der Waals surface area contributed by atoms with Gasteiger partial charge in [-0.1, -0.05) is 19.1 Å². The molecule has 25 heavy (non-hydrogen) atoms. The zero-order valence-corrected chi connectivity index (χ0v) is 16.2. The van der Waals surface area contributed by atoms with Crippen molar-refractivity contribution in [3.05, 3.63) is 51.7 Å². The molecule has 4 nitrogen and oxygen atoms in total. The minimum Gasteiger partial charge on any atom is -0.324 e. The van der Waals surface area contributed by atoms with Crippen LogP contribution in [0.15, 0.2) is 35.7 Å². The largest absolute Gasteiger partial charge is 0.324 e. The summed E-state index contributed by atoms with van der Waals surface area (Å²) in [6, 6.07) is 9.12. The number of aryl methyl sites for hydroxylation is 2. The van der Waals surface area contributed by atoms with Gasteiger partial charge in [0.15, 0.2) is 0 Å². The molecule has 2 unspecified atom stereocenters. The summed E-state index contributed by atoms with van der Waals surface area (Å²) in [5.74, 6) is 0.468. The van der Waals surface area contributed by atoms with Crippen LogP contribution in [0.25, 0.3) is 0 Å². The first kappa shape index (κ1) is 18.0. The van der Waals surface area contributed by atoms with Crippen LogP contribution >= 0.6 is 23.1 Å². The molecule has 0 saturated carbocycles. The van der Waals surface area contributed by atoms with Crippen LogP contribution in [0.5, 0.6) is 0 Å². The average Bonchev–Trinajstić information content (AvgIpc) is 3.26. The predicted molar refractivity (Wildman–Crippen MR) is 105 cm³/mol. The van der Waals surface area contributed by atoms with Crippen LogP contribution in [-0.2, 0) is 4.79 Å². The summed E-state index contributed by atoms with van der Waals surface area (Å²) >= 11 is 3.10. The van der Waals surface area contributed by atoms with Gasteiger partial charge in [0.25, 0.3) is 5.91 Å². The van der Waals surface area contributed by atoms with E-state index < -0.39 is 6.04 Å². The van der Waals surface area contributed by atoms with E-state index in [1.807, 2.05) is 49.6 Å².